The molecule has 0 bridgehead atoms. The monoisotopic (exact) mass is 583 g/mol. The van der Waals surface area contributed by atoms with Gasteiger partial charge in [0, 0.05) is 32.2 Å². The molecule has 3 N–H and O–H groups in total. The van der Waals surface area contributed by atoms with Crippen molar-refractivity contribution < 1.29 is 29.6 Å². The van der Waals surface area contributed by atoms with E-state index in [1.165, 1.54) is 4.90 Å². The predicted octanol–water partition coefficient (Wildman–Crippen LogP) is 5.88. The first-order chi connectivity index (χ1) is 18.9. The highest BCUT2D eigenvalue weighted by atomic mass is 35.5. The molecule has 0 aromatic heterocycles. The summed E-state index contributed by atoms with van der Waals surface area (Å²) in [5, 5.41) is 31.8. The average molecular weight is 584 g/mol. The smallest absolute Gasteiger partial charge is 0.305 e. The summed E-state index contributed by atoms with van der Waals surface area (Å²) in [6.07, 6.45) is 1.15. The van der Waals surface area contributed by atoms with Crippen LogP contribution in [-0.4, -0.2) is 45.3 Å². The second kappa shape index (κ2) is 10.5. The zero-order chi connectivity index (χ0) is 28.9. The summed E-state index contributed by atoms with van der Waals surface area (Å²) >= 11 is 12.4. The molecular weight excluding hydrogens is 553 g/mol. The SMILES string of the molecule is CC(C)(O)c1ccc2c(c1)C(=O)N([C@@H](CC(=O)O)c1ccc(Cl)cc1)[C@@]2(OCC1(CO)CC1)c1ccc(Cl)cc1. The molecule has 0 unspecified atom stereocenters. The maximum Gasteiger partial charge on any atom is 0.305 e. The van der Waals surface area contributed by atoms with Gasteiger partial charge in [0.05, 0.1) is 31.3 Å². The number of fused-ring (bicyclic) bond motifs is 1. The van der Waals surface area contributed by atoms with Gasteiger partial charge in [-0.25, -0.2) is 0 Å². The molecule has 3 aromatic carbocycles. The molecule has 2 aliphatic rings. The first-order valence-corrected chi connectivity index (χ1v) is 13.8. The molecule has 1 amide bonds. The lowest BCUT2D eigenvalue weighted by Gasteiger charge is -2.44. The Labute approximate surface area is 242 Å². The number of rotatable bonds is 10. The maximum absolute atomic E-state index is 14.5. The molecule has 0 saturated heterocycles. The molecule has 0 spiro atoms. The van der Waals surface area contributed by atoms with Crippen molar-refractivity contribution in [2.75, 3.05) is 13.2 Å². The molecule has 7 nitrogen and oxygen atoms in total. The Hall–Kier alpha value is -2.94. The number of carboxylic acid groups (broad SMARTS) is 1. The third kappa shape index (κ3) is 5.13. The normalized spacial score (nSPS) is 20.4. The number of halogens is 2. The van der Waals surface area contributed by atoms with Crippen LogP contribution in [0.15, 0.2) is 66.7 Å². The highest BCUT2D eigenvalue weighted by molar-refractivity contribution is 6.30. The van der Waals surface area contributed by atoms with Crippen molar-refractivity contribution in [3.05, 3.63) is 105 Å². The fourth-order valence-electron chi connectivity index (χ4n) is 5.35. The number of carbonyl (C=O) groups is 2. The number of benzene rings is 3. The van der Waals surface area contributed by atoms with Crippen molar-refractivity contribution in [2.45, 2.75) is 50.5 Å². The minimum absolute atomic E-state index is 0.0715. The van der Waals surface area contributed by atoms with Gasteiger partial charge in [-0.3, -0.25) is 14.5 Å². The summed E-state index contributed by atoms with van der Waals surface area (Å²) in [7, 11) is 0. The fourth-order valence-corrected chi connectivity index (χ4v) is 5.60. The van der Waals surface area contributed by atoms with Gasteiger partial charge < -0.3 is 20.1 Å². The van der Waals surface area contributed by atoms with E-state index in [0.717, 1.165) is 12.8 Å². The van der Waals surface area contributed by atoms with Crippen LogP contribution in [0.25, 0.3) is 0 Å². The van der Waals surface area contributed by atoms with Gasteiger partial charge in [-0.15, -0.1) is 0 Å². The minimum Gasteiger partial charge on any atom is -0.481 e. The Balaban J connectivity index is 1.79. The molecule has 1 saturated carbocycles. The number of nitrogens with zero attached hydrogens (tertiary/aromatic N) is 1. The number of ether oxygens (including phenoxy) is 1. The lowest BCUT2D eigenvalue weighted by atomic mass is 9.88. The molecule has 9 heteroatoms. The van der Waals surface area contributed by atoms with E-state index in [1.54, 1.807) is 80.6 Å². The highest BCUT2D eigenvalue weighted by Crippen LogP contribution is 2.54. The van der Waals surface area contributed by atoms with Crippen molar-refractivity contribution in [3.8, 4) is 0 Å². The third-order valence-corrected chi connectivity index (χ3v) is 8.43. The van der Waals surface area contributed by atoms with Crippen LogP contribution in [0.3, 0.4) is 0 Å². The summed E-state index contributed by atoms with van der Waals surface area (Å²) in [5.41, 5.74) is -0.705. The number of amides is 1. The molecular formula is C31H31Cl2NO6. The number of aliphatic hydroxyl groups is 2. The van der Waals surface area contributed by atoms with Gasteiger partial charge in [-0.05, 0) is 68.1 Å². The zero-order valence-corrected chi connectivity index (χ0v) is 23.7. The number of aliphatic hydroxyl groups excluding tert-OH is 1. The van der Waals surface area contributed by atoms with Crippen LogP contribution in [-0.2, 0) is 20.9 Å². The van der Waals surface area contributed by atoms with Crippen molar-refractivity contribution in [3.63, 3.8) is 0 Å². The van der Waals surface area contributed by atoms with Crippen molar-refractivity contribution in [1.82, 2.24) is 4.90 Å². The zero-order valence-electron chi connectivity index (χ0n) is 22.2. The van der Waals surface area contributed by atoms with E-state index >= 15 is 0 Å². The maximum atomic E-state index is 14.5. The Bertz CT molecular complexity index is 1430. The summed E-state index contributed by atoms with van der Waals surface area (Å²) in [5.74, 6) is -1.54. The first-order valence-electron chi connectivity index (χ1n) is 13.1. The van der Waals surface area contributed by atoms with E-state index in [9.17, 15) is 24.9 Å². The first kappa shape index (κ1) is 28.6. The quantitative estimate of drug-likeness (QED) is 0.275. The highest BCUT2D eigenvalue weighted by Gasteiger charge is 2.57. The summed E-state index contributed by atoms with van der Waals surface area (Å²) in [6.45, 7) is 3.34. The molecule has 1 aliphatic carbocycles. The molecule has 2 atom stereocenters. The van der Waals surface area contributed by atoms with Gasteiger partial charge >= 0.3 is 5.97 Å². The predicted molar refractivity (Wildman–Crippen MR) is 151 cm³/mol. The van der Waals surface area contributed by atoms with E-state index in [-0.39, 0.29) is 13.2 Å². The van der Waals surface area contributed by atoms with Crippen LogP contribution >= 0.6 is 23.2 Å². The van der Waals surface area contributed by atoms with Gasteiger partial charge in [0.2, 0.25) is 0 Å². The van der Waals surface area contributed by atoms with E-state index in [4.69, 9.17) is 27.9 Å². The second-order valence-electron chi connectivity index (χ2n) is 11.3. The van der Waals surface area contributed by atoms with E-state index in [2.05, 4.69) is 0 Å². The van der Waals surface area contributed by atoms with E-state index in [0.29, 0.717) is 37.9 Å². The molecule has 1 heterocycles. The van der Waals surface area contributed by atoms with Gasteiger partial charge in [0.1, 0.15) is 0 Å². The van der Waals surface area contributed by atoms with Gasteiger partial charge in [-0.1, -0.05) is 59.6 Å². The molecule has 0 radical (unpaired) electrons. The number of carbonyl (C=O) groups excluding carboxylic acids is 1. The Kier molecular flexibility index (Phi) is 7.48. The summed E-state index contributed by atoms with van der Waals surface area (Å²) in [4.78, 5) is 28.2. The molecule has 210 valence electrons. The van der Waals surface area contributed by atoms with Crippen molar-refractivity contribution >= 4 is 35.1 Å². The molecule has 5 rings (SSSR count). The van der Waals surface area contributed by atoms with Gasteiger partial charge in [-0.2, -0.15) is 0 Å². The average Bonchev–Trinajstić information content (AvgIpc) is 3.66. The van der Waals surface area contributed by atoms with Crippen molar-refractivity contribution in [1.29, 1.82) is 0 Å². The van der Waals surface area contributed by atoms with Crippen LogP contribution < -0.4 is 0 Å². The van der Waals surface area contributed by atoms with Gasteiger partial charge in [0.15, 0.2) is 5.72 Å². The lowest BCUT2D eigenvalue weighted by Crippen LogP contribution is -2.50. The molecule has 1 fully saturated rings. The fraction of sp³-hybridized carbons (Fsp3) is 0.355. The summed E-state index contributed by atoms with van der Waals surface area (Å²) in [6, 6.07) is 17.8. The largest absolute Gasteiger partial charge is 0.481 e. The molecule has 1 aliphatic heterocycles. The van der Waals surface area contributed by atoms with Gasteiger partial charge in [0.25, 0.3) is 5.91 Å². The van der Waals surface area contributed by atoms with Crippen LogP contribution in [0, 0.1) is 5.41 Å². The second-order valence-corrected chi connectivity index (χ2v) is 12.1. The lowest BCUT2D eigenvalue weighted by molar-refractivity contribution is -0.150. The third-order valence-electron chi connectivity index (χ3n) is 7.93. The van der Waals surface area contributed by atoms with Crippen molar-refractivity contribution in [2.24, 2.45) is 5.41 Å². The standard InChI is InChI=1S/C31H31Cl2NO6/c1-29(2,39)21-7-12-25-24(15-21)28(38)34(26(16-27(36)37)19-3-8-22(32)9-4-19)31(25,20-5-10-23(33)11-6-20)40-18-30(17-35)13-14-30/h3-12,15,26,35,39H,13-14,16-18H2,1-2H3,(H,36,37)/t26-,31+/m0/s1. The van der Waals surface area contributed by atoms with Crippen LogP contribution in [0.4, 0.5) is 0 Å². The number of hydrogen-bond donors (Lipinski definition) is 3. The molecule has 3 aromatic rings. The Morgan fingerprint density at radius 3 is 2.15 bits per heavy atom. The number of carboxylic acids is 1. The number of aliphatic carboxylic acids is 1. The topological polar surface area (TPSA) is 107 Å². The van der Waals surface area contributed by atoms with Crippen LogP contribution in [0.1, 0.15) is 71.8 Å². The Morgan fingerprint density at radius 2 is 1.62 bits per heavy atom. The molecule has 40 heavy (non-hydrogen) atoms. The van der Waals surface area contributed by atoms with Crippen LogP contribution in [0.5, 0.6) is 0 Å². The van der Waals surface area contributed by atoms with E-state index < -0.39 is 41.1 Å². The summed E-state index contributed by atoms with van der Waals surface area (Å²) < 4.78 is 6.80. The Morgan fingerprint density at radius 1 is 1.02 bits per heavy atom. The minimum atomic E-state index is -1.54. The van der Waals surface area contributed by atoms with E-state index in [1.807, 2.05) is 0 Å². The number of hydrogen-bond acceptors (Lipinski definition) is 5. The van der Waals surface area contributed by atoms with Crippen LogP contribution in [0.2, 0.25) is 10.0 Å².